The molecular formula is C17H24N2. The first-order chi connectivity index (χ1) is 9.22. The molecule has 0 fully saturated rings. The molecule has 1 aromatic carbocycles. The highest BCUT2D eigenvalue weighted by Gasteiger charge is 2.11. The molecule has 2 rings (SSSR count). The van der Waals surface area contributed by atoms with Crippen LogP contribution in [0.4, 0.5) is 0 Å². The average Bonchev–Trinajstić information content (AvgIpc) is 2.42. The van der Waals surface area contributed by atoms with E-state index in [0.717, 1.165) is 17.6 Å². The molecule has 0 saturated carbocycles. The maximum absolute atomic E-state index is 6.38. The van der Waals surface area contributed by atoms with Crippen molar-refractivity contribution in [3.05, 3.63) is 41.6 Å². The van der Waals surface area contributed by atoms with E-state index in [9.17, 15) is 0 Å². The first kappa shape index (κ1) is 14.0. The third-order valence-electron chi connectivity index (χ3n) is 3.64. The third-order valence-corrected chi connectivity index (χ3v) is 3.64. The molecule has 0 aliphatic heterocycles. The first-order valence-corrected chi connectivity index (χ1v) is 7.34. The van der Waals surface area contributed by atoms with E-state index in [1.165, 1.54) is 36.6 Å². The molecule has 0 bridgehead atoms. The Hall–Kier alpha value is -1.41. The fourth-order valence-electron chi connectivity index (χ4n) is 2.59. The zero-order valence-electron chi connectivity index (χ0n) is 12.0. The molecule has 0 aliphatic rings. The molecular weight excluding hydrogens is 232 g/mol. The molecule has 2 N–H and O–H groups in total. The summed E-state index contributed by atoms with van der Waals surface area (Å²) in [4.78, 5) is 4.57. The van der Waals surface area contributed by atoms with Gasteiger partial charge in [0.05, 0.1) is 5.52 Å². The van der Waals surface area contributed by atoms with Crippen molar-refractivity contribution >= 4 is 10.9 Å². The number of hydrogen-bond donors (Lipinski definition) is 1. The van der Waals surface area contributed by atoms with Crippen LogP contribution in [-0.2, 0) is 0 Å². The Bertz CT molecular complexity index is 534. The summed E-state index contributed by atoms with van der Waals surface area (Å²) in [5, 5.41) is 1.20. The van der Waals surface area contributed by atoms with Gasteiger partial charge in [0.1, 0.15) is 0 Å². The summed E-state index contributed by atoms with van der Waals surface area (Å²) < 4.78 is 0. The molecule has 1 unspecified atom stereocenters. The Morgan fingerprint density at radius 1 is 1.16 bits per heavy atom. The topological polar surface area (TPSA) is 38.9 Å². The fourth-order valence-corrected chi connectivity index (χ4v) is 2.59. The van der Waals surface area contributed by atoms with Gasteiger partial charge in [0.25, 0.3) is 0 Å². The van der Waals surface area contributed by atoms with Gasteiger partial charge < -0.3 is 5.73 Å². The minimum absolute atomic E-state index is 0.128. The third kappa shape index (κ3) is 3.54. The van der Waals surface area contributed by atoms with Crippen molar-refractivity contribution in [1.29, 1.82) is 0 Å². The van der Waals surface area contributed by atoms with Gasteiger partial charge in [-0.15, -0.1) is 0 Å². The van der Waals surface area contributed by atoms with Crippen LogP contribution in [0.25, 0.3) is 10.9 Å². The minimum Gasteiger partial charge on any atom is -0.324 e. The van der Waals surface area contributed by atoms with Gasteiger partial charge in [-0.05, 0) is 31.0 Å². The van der Waals surface area contributed by atoms with E-state index in [1.54, 1.807) is 0 Å². The Labute approximate surface area is 116 Å². The van der Waals surface area contributed by atoms with Crippen molar-refractivity contribution in [2.45, 2.75) is 52.0 Å². The molecule has 102 valence electrons. The van der Waals surface area contributed by atoms with Crippen molar-refractivity contribution in [3.8, 4) is 0 Å². The molecule has 0 aliphatic carbocycles. The second kappa shape index (κ2) is 6.67. The smallest absolute Gasteiger partial charge is 0.0708 e. The Kier molecular flexibility index (Phi) is 4.92. The maximum Gasteiger partial charge on any atom is 0.0708 e. The molecule has 0 spiro atoms. The molecule has 2 aromatic rings. The largest absolute Gasteiger partial charge is 0.324 e. The van der Waals surface area contributed by atoms with Crippen LogP contribution in [0, 0.1) is 6.92 Å². The molecule has 1 atom stereocenters. The van der Waals surface area contributed by atoms with E-state index < -0.39 is 0 Å². The summed E-state index contributed by atoms with van der Waals surface area (Å²) >= 11 is 0. The van der Waals surface area contributed by atoms with Crippen LogP contribution < -0.4 is 5.73 Å². The van der Waals surface area contributed by atoms with Crippen LogP contribution in [-0.4, -0.2) is 4.98 Å². The Morgan fingerprint density at radius 2 is 1.95 bits per heavy atom. The molecule has 19 heavy (non-hydrogen) atoms. The lowest BCUT2D eigenvalue weighted by Crippen LogP contribution is -2.11. The number of nitrogens with two attached hydrogens (primary N) is 1. The number of pyridine rings is 1. The van der Waals surface area contributed by atoms with E-state index >= 15 is 0 Å². The first-order valence-electron chi connectivity index (χ1n) is 7.34. The summed E-state index contributed by atoms with van der Waals surface area (Å²) in [5.41, 5.74) is 9.74. The zero-order valence-corrected chi connectivity index (χ0v) is 12.0. The Morgan fingerprint density at radius 3 is 2.74 bits per heavy atom. The van der Waals surface area contributed by atoms with Gasteiger partial charge in [-0.2, -0.15) is 0 Å². The second-order valence-corrected chi connectivity index (χ2v) is 5.33. The van der Waals surface area contributed by atoms with Crippen LogP contribution >= 0.6 is 0 Å². The van der Waals surface area contributed by atoms with Crippen molar-refractivity contribution in [2.24, 2.45) is 5.73 Å². The highest BCUT2D eigenvalue weighted by molar-refractivity contribution is 5.82. The monoisotopic (exact) mass is 256 g/mol. The van der Waals surface area contributed by atoms with Gasteiger partial charge in [-0.3, -0.25) is 4.98 Å². The van der Waals surface area contributed by atoms with E-state index in [1.807, 2.05) is 13.0 Å². The van der Waals surface area contributed by atoms with Gasteiger partial charge in [0.15, 0.2) is 0 Å². The predicted molar refractivity (Wildman–Crippen MR) is 82.2 cm³/mol. The number of benzene rings is 1. The van der Waals surface area contributed by atoms with Gasteiger partial charge in [-0.1, -0.05) is 50.8 Å². The molecule has 1 heterocycles. The minimum atomic E-state index is 0.128. The van der Waals surface area contributed by atoms with Crippen molar-refractivity contribution in [1.82, 2.24) is 4.98 Å². The molecule has 0 saturated heterocycles. The predicted octanol–water partition coefficient (Wildman–Crippen LogP) is 4.51. The van der Waals surface area contributed by atoms with Gasteiger partial charge in [0, 0.05) is 17.1 Å². The van der Waals surface area contributed by atoms with E-state index in [0.29, 0.717) is 0 Å². The number of hydrogen-bond acceptors (Lipinski definition) is 2. The highest BCUT2D eigenvalue weighted by atomic mass is 14.7. The quantitative estimate of drug-likeness (QED) is 0.772. The van der Waals surface area contributed by atoms with Crippen LogP contribution in [0.1, 0.15) is 56.3 Å². The standard InChI is InChI=1S/C17H24N2/c1-3-4-5-6-10-16(18)15-12-13(2)19-17-11-8-7-9-14(15)17/h7-9,11-12,16H,3-6,10,18H2,1-2H3. The second-order valence-electron chi connectivity index (χ2n) is 5.33. The van der Waals surface area contributed by atoms with E-state index in [-0.39, 0.29) is 6.04 Å². The van der Waals surface area contributed by atoms with Crippen molar-refractivity contribution in [2.75, 3.05) is 0 Å². The SMILES string of the molecule is CCCCCCC(N)c1cc(C)nc2ccccc12. The lowest BCUT2D eigenvalue weighted by Gasteiger charge is -2.15. The van der Waals surface area contributed by atoms with Crippen LogP contribution in [0.2, 0.25) is 0 Å². The number of nitrogens with zero attached hydrogens (tertiary/aromatic N) is 1. The number of para-hydroxylation sites is 1. The normalized spacial score (nSPS) is 12.8. The molecule has 2 heteroatoms. The zero-order chi connectivity index (χ0) is 13.7. The number of rotatable bonds is 6. The Balaban J connectivity index is 2.18. The van der Waals surface area contributed by atoms with Crippen molar-refractivity contribution < 1.29 is 0 Å². The summed E-state index contributed by atoms with van der Waals surface area (Å²) in [6, 6.07) is 10.6. The summed E-state index contributed by atoms with van der Waals surface area (Å²) in [7, 11) is 0. The number of fused-ring (bicyclic) bond motifs is 1. The van der Waals surface area contributed by atoms with E-state index in [2.05, 4.69) is 36.2 Å². The number of aromatic nitrogens is 1. The van der Waals surface area contributed by atoms with Gasteiger partial charge >= 0.3 is 0 Å². The number of aryl methyl sites for hydroxylation is 1. The van der Waals surface area contributed by atoms with Gasteiger partial charge in [0.2, 0.25) is 0 Å². The summed E-state index contributed by atoms with van der Waals surface area (Å²) in [6.45, 7) is 4.28. The average molecular weight is 256 g/mol. The molecule has 1 aromatic heterocycles. The van der Waals surface area contributed by atoms with E-state index in [4.69, 9.17) is 5.73 Å². The molecule has 0 amide bonds. The molecule has 2 nitrogen and oxygen atoms in total. The maximum atomic E-state index is 6.38. The highest BCUT2D eigenvalue weighted by Crippen LogP contribution is 2.26. The fraction of sp³-hybridized carbons (Fsp3) is 0.471. The summed E-state index contributed by atoms with van der Waals surface area (Å²) in [6.07, 6.45) is 6.14. The lowest BCUT2D eigenvalue weighted by molar-refractivity contribution is 0.568. The summed E-state index contributed by atoms with van der Waals surface area (Å²) in [5.74, 6) is 0. The van der Waals surface area contributed by atoms with Crippen LogP contribution in [0.5, 0.6) is 0 Å². The van der Waals surface area contributed by atoms with Crippen molar-refractivity contribution in [3.63, 3.8) is 0 Å². The van der Waals surface area contributed by atoms with Crippen LogP contribution in [0.3, 0.4) is 0 Å². The lowest BCUT2D eigenvalue weighted by atomic mass is 9.97. The van der Waals surface area contributed by atoms with Gasteiger partial charge in [-0.25, -0.2) is 0 Å². The van der Waals surface area contributed by atoms with Crippen LogP contribution in [0.15, 0.2) is 30.3 Å². The number of unbranched alkanes of at least 4 members (excludes halogenated alkanes) is 3. The molecule has 0 radical (unpaired) electrons.